The van der Waals surface area contributed by atoms with Crippen LogP contribution >= 0.6 is 0 Å². The average molecular weight is 482 g/mol. The third-order valence-electron chi connectivity index (χ3n) is 7.50. The van der Waals surface area contributed by atoms with Crippen LogP contribution in [0.25, 0.3) is 0 Å². The molecule has 0 atom stereocenters. The maximum absolute atomic E-state index is 13.3. The first kappa shape index (κ1) is 21.8. The van der Waals surface area contributed by atoms with Crippen molar-refractivity contribution < 1.29 is 13.2 Å². The number of pyridine rings is 2. The Morgan fingerprint density at radius 1 is 1.00 bits per heavy atom. The molecule has 0 bridgehead atoms. The van der Waals surface area contributed by atoms with Crippen LogP contribution in [-0.4, -0.2) is 67.7 Å². The van der Waals surface area contributed by atoms with E-state index < -0.39 is 10.0 Å². The third kappa shape index (κ3) is 4.04. The Bertz CT molecular complexity index is 1230. The number of hydrogen-bond acceptors (Lipinski definition) is 6. The van der Waals surface area contributed by atoms with Gasteiger partial charge in [0.1, 0.15) is 11.6 Å². The van der Waals surface area contributed by atoms with E-state index >= 15 is 0 Å². The Morgan fingerprint density at radius 3 is 2.35 bits per heavy atom. The van der Waals surface area contributed by atoms with Crippen molar-refractivity contribution in [1.82, 2.24) is 14.9 Å². The monoisotopic (exact) mass is 481 g/mol. The van der Waals surface area contributed by atoms with Gasteiger partial charge in [0, 0.05) is 38.9 Å². The van der Waals surface area contributed by atoms with Crippen molar-refractivity contribution >= 4 is 27.6 Å². The fourth-order valence-corrected chi connectivity index (χ4v) is 6.70. The molecule has 4 aliphatic rings. The van der Waals surface area contributed by atoms with Gasteiger partial charge in [-0.3, -0.25) is 9.10 Å². The zero-order chi connectivity index (χ0) is 23.4. The van der Waals surface area contributed by atoms with Crippen LogP contribution < -0.4 is 9.21 Å². The normalized spacial score (nSPS) is 22.3. The summed E-state index contributed by atoms with van der Waals surface area (Å²) in [5, 5.41) is 0. The van der Waals surface area contributed by atoms with E-state index in [4.69, 9.17) is 4.98 Å². The number of aryl methyl sites for hydroxylation is 1. The molecule has 9 heteroatoms. The van der Waals surface area contributed by atoms with Crippen molar-refractivity contribution in [2.24, 2.45) is 0 Å². The van der Waals surface area contributed by atoms with Gasteiger partial charge in [0.25, 0.3) is 5.91 Å². The smallest absolute Gasteiger partial charge is 0.255 e. The topological polar surface area (TPSA) is 86.7 Å². The summed E-state index contributed by atoms with van der Waals surface area (Å²) in [5.74, 6) is 2.98. The molecule has 2 saturated heterocycles. The van der Waals surface area contributed by atoms with Crippen LogP contribution in [0.2, 0.25) is 0 Å². The van der Waals surface area contributed by atoms with Gasteiger partial charge in [-0.25, -0.2) is 18.4 Å². The van der Waals surface area contributed by atoms with Crippen LogP contribution in [0.5, 0.6) is 0 Å². The summed E-state index contributed by atoms with van der Waals surface area (Å²) in [6.45, 7) is 5.02. The van der Waals surface area contributed by atoms with Crippen molar-refractivity contribution in [2.45, 2.75) is 50.9 Å². The number of piperazine rings is 1. The van der Waals surface area contributed by atoms with Gasteiger partial charge in [-0.1, -0.05) is 6.07 Å². The predicted molar refractivity (Wildman–Crippen MR) is 131 cm³/mol. The first-order chi connectivity index (χ1) is 16.4. The first-order valence-corrected chi connectivity index (χ1v) is 14.0. The molecule has 0 spiro atoms. The van der Waals surface area contributed by atoms with Gasteiger partial charge in [-0.15, -0.1) is 0 Å². The lowest BCUT2D eigenvalue weighted by molar-refractivity contribution is 0.0745. The number of hydrogen-bond donors (Lipinski definition) is 0. The van der Waals surface area contributed by atoms with Gasteiger partial charge in [0.15, 0.2) is 0 Å². The molecule has 2 aromatic rings. The predicted octanol–water partition coefficient (Wildman–Crippen LogP) is 3.04. The number of anilines is 2. The summed E-state index contributed by atoms with van der Waals surface area (Å²) in [5.41, 5.74) is 3.91. The van der Waals surface area contributed by atoms with E-state index in [2.05, 4.69) is 22.1 Å². The van der Waals surface area contributed by atoms with Crippen LogP contribution in [-0.2, 0) is 10.0 Å². The Morgan fingerprint density at radius 2 is 1.74 bits per heavy atom. The lowest BCUT2D eigenvalue weighted by Crippen LogP contribution is -2.49. The summed E-state index contributed by atoms with van der Waals surface area (Å²) in [7, 11) is -3.29. The number of nitrogens with zero attached hydrogens (tertiary/aromatic N) is 5. The van der Waals surface area contributed by atoms with E-state index in [1.807, 2.05) is 4.90 Å². The molecule has 2 aromatic heterocycles. The summed E-state index contributed by atoms with van der Waals surface area (Å²) in [4.78, 5) is 26.8. The van der Waals surface area contributed by atoms with Gasteiger partial charge in [-0.2, -0.15) is 0 Å². The van der Waals surface area contributed by atoms with E-state index in [0.29, 0.717) is 55.0 Å². The minimum absolute atomic E-state index is 0.0417. The Kier molecular flexibility index (Phi) is 5.28. The quantitative estimate of drug-likeness (QED) is 0.653. The number of aromatic nitrogens is 2. The second-order valence-electron chi connectivity index (χ2n) is 10.1. The van der Waals surface area contributed by atoms with E-state index in [9.17, 15) is 13.2 Å². The molecule has 2 aliphatic heterocycles. The van der Waals surface area contributed by atoms with Crippen LogP contribution in [0.3, 0.4) is 0 Å². The first-order valence-electron chi connectivity index (χ1n) is 12.4. The van der Waals surface area contributed by atoms with Crippen LogP contribution in [0.15, 0.2) is 24.4 Å². The Hall–Kier alpha value is -2.68. The van der Waals surface area contributed by atoms with E-state index in [1.54, 1.807) is 19.1 Å². The molecule has 0 radical (unpaired) electrons. The van der Waals surface area contributed by atoms with Crippen molar-refractivity contribution in [1.29, 1.82) is 0 Å². The lowest BCUT2D eigenvalue weighted by atomic mass is 10.1. The maximum Gasteiger partial charge on any atom is 0.255 e. The lowest BCUT2D eigenvalue weighted by Gasteiger charge is -2.36. The Labute approximate surface area is 201 Å². The fourth-order valence-electron chi connectivity index (χ4n) is 5.19. The number of amides is 1. The molecular formula is C25H31N5O3S. The molecule has 1 amide bonds. The van der Waals surface area contributed by atoms with Gasteiger partial charge >= 0.3 is 0 Å². The molecule has 4 heterocycles. The zero-order valence-electron chi connectivity index (χ0n) is 19.6. The summed E-state index contributed by atoms with van der Waals surface area (Å²) in [6.07, 6.45) is 7.75. The highest BCUT2D eigenvalue weighted by atomic mass is 32.2. The summed E-state index contributed by atoms with van der Waals surface area (Å²) >= 11 is 0. The summed E-state index contributed by atoms with van der Waals surface area (Å²) < 4.78 is 25.8. The minimum Gasteiger partial charge on any atom is -0.353 e. The second-order valence-corrected chi connectivity index (χ2v) is 12.1. The van der Waals surface area contributed by atoms with E-state index in [0.717, 1.165) is 18.9 Å². The van der Waals surface area contributed by atoms with Crippen molar-refractivity contribution in [3.63, 3.8) is 0 Å². The number of rotatable bonds is 5. The molecule has 0 unspecified atom stereocenters. The molecule has 2 saturated carbocycles. The number of carbonyl (C=O) groups is 1. The average Bonchev–Trinajstić information content (AvgIpc) is 3.75. The minimum atomic E-state index is -3.29. The largest absolute Gasteiger partial charge is 0.353 e. The van der Waals surface area contributed by atoms with Crippen molar-refractivity contribution in [2.75, 3.05) is 47.7 Å². The molecular weight excluding hydrogens is 450 g/mol. The standard InChI is InChI=1S/C25H31N5O3S/c1-17-21(7-8-23(27-17)30-9-2-14-34(30,32)33)25(31)29-12-10-28(11-13-29)24-22(19-5-6-19)15-20(16-26-24)18-3-4-18/h7-8,15-16,18-19H,2-6,9-14H2,1H3. The highest BCUT2D eigenvalue weighted by Crippen LogP contribution is 2.47. The van der Waals surface area contributed by atoms with Crippen molar-refractivity contribution in [3.05, 3.63) is 46.8 Å². The fraction of sp³-hybridized carbons (Fsp3) is 0.560. The maximum atomic E-state index is 13.3. The molecule has 4 fully saturated rings. The highest BCUT2D eigenvalue weighted by Gasteiger charge is 2.34. The molecule has 180 valence electrons. The number of carbonyl (C=O) groups excluding carboxylic acids is 1. The molecule has 0 aromatic carbocycles. The van der Waals surface area contributed by atoms with Crippen molar-refractivity contribution in [3.8, 4) is 0 Å². The third-order valence-corrected chi connectivity index (χ3v) is 9.35. The van der Waals surface area contributed by atoms with Crippen LogP contribution in [0.1, 0.15) is 71.1 Å². The van der Waals surface area contributed by atoms with Gasteiger partial charge in [0.05, 0.1) is 17.0 Å². The van der Waals surface area contributed by atoms with Gasteiger partial charge in [0.2, 0.25) is 10.0 Å². The molecule has 0 N–H and O–H groups in total. The van der Waals surface area contributed by atoms with E-state index in [1.165, 1.54) is 41.1 Å². The SMILES string of the molecule is Cc1nc(N2CCCS2(=O)=O)ccc1C(=O)N1CCN(c2ncc(C3CC3)cc2C2CC2)CC1. The van der Waals surface area contributed by atoms with Crippen LogP contribution in [0.4, 0.5) is 11.6 Å². The van der Waals surface area contributed by atoms with Gasteiger partial charge in [-0.05, 0) is 74.1 Å². The zero-order valence-corrected chi connectivity index (χ0v) is 20.4. The molecule has 2 aliphatic carbocycles. The molecule has 34 heavy (non-hydrogen) atoms. The molecule has 8 nitrogen and oxygen atoms in total. The van der Waals surface area contributed by atoms with Crippen LogP contribution in [0, 0.1) is 6.92 Å². The second kappa shape index (κ2) is 8.22. The Balaban J connectivity index is 1.15. The highest BCUT2D eigenvalue weighted by molar-refractivity contribution is 7.93. The number of sulfonamides is 1. The van der Waals surface area contributed by atoms with E-state index in [-0.39, 0.29) is 11.7 Å². The summed E-state index contributed by atoms with van der Waals surface area (Å²) in [6, 6.07) is 5.78. The molecule has 6 rings (SSSR count). The van der Waals surface area contributed by atoms with Gasteiger partial charge < -0.3 is 9.80 Å².